The number of carbonyl (C=O) groups is 1. The van der Waals surface area contributed by atoms with Crippen LogP contribution in [0.15, 0.2) is 42.5 Å². The van der Waals surface area contributed by atoms with Crippen molar-refractivity contribution in [3.05, 3.63) is 59.2 Å². The Bertz CT molecular complexity index is 784. The average molecular weight is 366 g/mol. The van der Waals surface area contributed by atoms with E-state index in [0.29, 0.717) is 22.8 Å². The molecule has 2 aromatic carbocycles. The fraction of sp³-hybridized carbons (Fsp3) is 0.211. The summed E-state index contributed by atoms with van der Waals surface area (Å²) in [7, 11) is 4.42. The molecule has 0 amide bonds. The van der Waals surface area contributed by atoms with E-state index >= 15 is 0 Å². The quantitative estimate of drug-likeness (QED) is 0.552. The number of carbonyl (C=O) groups excluding carboxylic acids is 1. The molecule has 4 nitrogen and oxygen atoms in total. The summed E-state index contributed by atoms with van der Waals surface area (Å²) >= 11 is 0. The van der Waals surface area contributed by atoms with E-state index in [1.807, 2.05) is 0 Å². The average Bonchev–Trinajstić information content (AvgIpc) is 2.64. The molecule has 0 heterocycles. The molecular formula is C19H17F3O4. The highest BCUT2D eigenvalue weighted by Gasteiger charge is 2.30. The number of rotatable bonds is 6. The predicted molar refractivity (Wildman–Crippen MR) is 90.9 cm³/mol. The van der Waals surface area contributed by atoms with E-state index < -0.39 is 17.5 Å². The van der Waals surface area contributed by atoms with Crippen molar-refractivity contribution in [2.75, 3.05) is 21.3 Å². The Kier molecular flexibility index (Phi) is 5.92. The van der Waals surface area contributed by atoms with Crippen LogP contribution in [0.5, 0.6) is 17.2 Å². The molecule has 0 unspecified atom stereocenters. The van der Waals surface area contributed by atoms with Gasteiger partial charge in [0.25, 0.3) is 0 Å². The van der Waals surface area contributed by atoms with Gasteiger partial charge in [0, 0.05) is 5.56 Å². The molecule has 0 N–H and O–H groups in total. The lowest BCUT2D eigenvalue weighted by Crippen LogP contribution is -2.05. The van der Waals surface area contributed by atoms with Crippen LogP contribution in [0.25, 0.3) is 6.08 Å². The summed E-state index contributed by atoms with van der Waals surface area (Å²) in [5, 5.41) is 0. The van der Waals surface area contributed by atoms with Crippen LogP contribution in [-0.4, -0.2) is 27.1 Å². The second-order valence-electron chi connectivity index (χ2n) is 5.23. The first-order valence-electron chi connectivity index (χ1n) is 7.49. The normalized spacial score (nSPS) is 11.5. The molecule has 0 spiro atoms. The summed E-state index contributed by atoms with van der Waals surface area (Å²) in [6, 6.07) is 7.34. The molecule has 0 aliphatic carbocycles. The van der Waals surface area contributed by atoms with Crippen LogP contribution in [-0.2, 0) is 6.18 Å². The molecule has 2 rings (SSSR count). The van der Waals surface area contributed by atoms with Crippen molar-refractivity contribution in [3.63, 3.8) is 0 Å². The van der Waals surface area contributed by atoms with E-state index in [1.54, 1.807) is 12.1 Å². The molecule has 26 heavy (non-hydrogen) atoms. The Labute approximate surface area is 148 Å². The Balaban J connectivity index is 2.25. The molecule has 0 bridgehead atoms. The van der Waals surface area contributed by atoms with Crippen molar-refractivity contribution < 1.29 is 32.2 Å². The molecule has 0 radical (unpaired) electrons. The number of ketones is 1. The molecule has 0 aliphatic rings. The van der Waals surface area contributed by atoms with Crippen LogP contribution in [0.3, 0.4) is 0 Å². The second-order valence-corrected chi connectivity index (χ2v) is 5.23. The summed E-state index contributed by atoms with van der Waals surface area (Å²) in [5.41, 5.74) is -0.0379. The van der Waals surface area contributed by atoms with Gasteiger partial charge in [-0.2, -0.15) is 13.2 Å². The third-order valence-corrected chi connectivity index (χ3v) is 3.61. The minimum atomic E-state index is -4.44. The van der Waals surface area contributed by atoms with Gasteiger partial charge < -0.3 is 14.2 Å². The minimum Gasteiger partial charge on any atom is -0.493 e. The van der Waals surface area contributed by atoms with Crippen LogP contribution < -0.4 is 14.2 Å². The van der Waals surface area contributed by atoms with Gasteiger partial charge in [-0.1, -0.05) is 18.2 Å². The fourth-order valence-corrected chi connectivity index (χ4v) is 2.29. The van der Waals surface area contributed by atoms with Crippen molar-refractivity contribution in [2.45, 2.75) is 6.18 Å². The van der Waals surface area contributed by atoms with E-state index in [9.17, 15) is 18.0 Å². The molecule has 0 fully saturated rings. The molecule has 0 saturated carbocycles. The van der Waals surface area contributed by atoms with Gasteiger partial charge in [-0.05, 0) is 35.9 Å². The molecule has 0 aromatic heterocycles. The summed E-state index contributed by atoms with van der Waals surface area (Å²) in [6.07, 6.45) is -1.65. The molecular weight excluding hydrogens is 349 g/mol. The first-order chi connectivity index (χ1) is 12.3. The lowest BCUT2D eigenvalue weighted by Gasteiger charge is -2.12. The van der Waals surface area contributed by atoms with E-state index in [4.69, 9.17) is 14.2 Å². The monoisotopic (exact) mass is 366 g/mol. The highest BCUT2D eigenvalue weighted by Crippen LogP contribution is 2.38. The van der Waals surface area contributed by atoms with Crippen LogP contribution >= 0.6 is 0 Å². The SMILES string of the molecule is COc1cc(C=CC(=O)c2ccc(C(F)(F)F)cc2)cc(OC)c1OC. The second kappa shape index (κ2) is 7.95. The lowest BCUT2D eigenvalue weighted by atomic mass is 10.1. The molecule has 0 aliphatic heterocycles. The van der Waals surface area contributed by atoms with Gasteiger partial charge in [0.05, 0.1) is 26.9 Å². The first-order valence-corrected chi connectivity index (χ1v) is 7.49. The van der Waals surface area contributed by atoms with E-state index in [0.717, 1.165) is 24.3 Å². The lowest BCUT2D eigenvalue weighted by molar-refractivity contribution is -0.137. The molecule has 138 valence electrons. The van der Waals surface area contributed by atoms with E-state index in [-0.39, 0.29) is 5.56 Å². The van der Waals surface area contributed by atoms with Gasteiger partial charge in [-0.15, -0.1) is 0 Å². The number of ether oxygens (including phenoxy) is 3. The predicted octanol–water partition coefficient (Wildman–Crippen LogP) is 4.63. The van der Waals surface area contributed by atoms with Crippen molar-refractivity contribution in [1.29, 1.82) is 0 Å². The Morgan fingerprint density at radius 3 is 1.88 bits per heavy atom. The highest BCUT2D eigenvalue weighted by molar-refractivity contribution is 6.06. The maximum atomic E-state index is 12.6. The van der Waals surface area contributed by atoms with Gasteiger partial charge >= 0.3 is 6.18 Å². The number of hydrogen-bond acceptors (Lipinski definition) is 4. The van der Waals surface area contributed by atoms with Gasteiger partial charge in [-0.3, -0.25) is 4.79 Å². The van der Waals surface area contributed by atoms with E-state index in [2.05, 4.69) is 0 Å². The number of benzene rings is 2. The Hall–Kier alpha value is -2.96. The zero-order chi connectivity index (χ0) is 19.3. The van der Waals surface area contributed by atoms with Gasteiger partial charge in [0.1, 0.15) is 0 Å². The van der Waals surface area contributed by atoms with Crippen LogP contribution in [0.2, 0.25) is 0 Å². The third kappa shape index (κ3) is 4.36. The molecule has 0 atom stereocenters. The molecule has 2 aromatic rings. The maximum Gasteiger partial charge on any atom is 0.416 e. The number of alkyl halides is 3. The Morgan fingerprint density at radius 2 is 1.46 bits per heavy atom. The fourth-order valence-electron chi connectivity index (χ4n) is 2.29. The first kappa shape index (κ1) is 19.4. The smallest absolute Gasteiger partial charge is 0.416 e. The van der Waals surface area contributed by atoms with Crippen LogP contribution in [0, 0.1) is 0 Å². The summed E-state index contributed by atoms with van der Waals surface area (Å²) in [5.74, 6) is 0.843. The largest absolute Gasteiger partial charge is 0.493 e. The van der Waals surface area contributed by atoms with Gasteiger partial charge in [0.2, 0.25) is 5.75 Å². The number of halogens is 3. The van der Waals surface area contributed by atoms with Gasteiger partial charge in [0.15, 0.2) is 17.3 Å². The zero-order valence-corrected chi connectivity index (χ0v) is 14.4. The van der Waals surface area contributed by atoms with Crippen molar-refractivity contribution in [3.8, 4) is 17.2 Å². The van der Waals surface area contributed by atoms with Crippen LogP contribution in [0.1, 0.15) is 21.5 Å². The summed E-state index contributed by atoms with van der Waals surface area (Å²) in [4.78, 5) is 12.2. The number of allylic oxidation sites excluding steroid dienone is 1. The standard InChI is InChI=1S/C19H17F3O4/c1-24-16-10-12(11-17(25-2)18(16)26-3)4-9-15(23)13-5-7-14(8-6-13)19(20,21)22/h4-11H,1-3H3. The molecule has 0 saturated heterocycles. The van der Waals surface area contributed by atoms with E-state index in [1.165, 1.54) is 33.5 Å². The Morgan fingerprint density at radius 1 is 0.923 bits per heavy atom. The van der Waals surface area contributed by atoms with Crippen molar-refractivity contribution in [2.24, 2.45) is 0 Å². The van der Waals surface area contributed by atoms with Gasteiger partial charge in [-0.25, -0.2) is 0 Å². The minimum absolute atomic E-state index is 0.154. The van der Waals surface area contributed by atoms with Crippen molar-refractivity contribution in [1.82, 2.24) is 0 Å². The zero-order valence-electron chi connectivity index (χ0n) is 14.4. The van der Waals surface area contributed by atoms with Crippen LogP contribution in [0.4, 0.5) is 13.2 Å². The maximum absolute atomic E-state index is 12.6. The summed E-state index contributed by atoms with van der Waals surface area (Å²) in [6.45, 7) is 0. The van der Waals surface area contributed by atoms with Crippen molar-refractivity contribution >= 4 is 11.9 Å². The topological polar surface area (TPSA) is 44.8 Å². The third-order valence-electron chi connectivity index (χ3n) is 3.61. The highest BCUT2D eigenvalue weighted by atomic mass is 19.4. The number of hydrogen-bond donors (Lipinski definition) is 0. The number of methoxy groups -OCH3 is 3. The summed E-state index contributed by atoms with van der Waals surface area (Å²) < 4.78 is 53.4. The molecule has 7 heteroatoms.